The molecule has 0 unspecified atom stereocenters. The summed E-state index contributed by atoms with van der Waals surface area (Å²) < 4.78 is 1.29. The molecule has 0 saturated heterocycles. The Labute approximate surface area is 181 Å². The fraction of sp³-hybridized carbons (Fsp3) is 0.0909. The van der Waals surface area contributed by atoms with Crippen LogP contribution in [0.25, 0.3) is 20.7 Å². The molecule has 0 aliphatic heterocycles. The summed E-state index contributed by atoms with van der Waals surface area (Å²) in [5.74, 6) is -0.393. The number of aryl methyl sites for hydroxylation is 1. The molecule has 2 aromatic carbocycles. The zero-order chi connectivity index (χ0) is 21.3. The van der Waals surface area contributed by atoms with E-state index in [1.807, 2.05) is 43.3 Å². The molecule has 2 aromatic heterocycles. The van der Waals surface area contributed by atoms with Crippen molar-refractivity contribution in [3.05, 3.63) is 81.4 Å². The van der Waals surface area contributed by atoms with Gasteiger partial charge in [0.2, 0.25) is 5.91 Å². The lowest BCUT2D eigenvalue weighted by Gasteiger charge is -2.08. The number of benzene rings is 2. The number of amides is 1. The third-order valence-corrected chi connectivity index (χ3v) is 6.20. The third-order valence-electron chi connectivity index (χ3n) is 4.64. The first kappa shape index (κ1) is 19.8. The molecule has 1 N–H and O–H groups in total. The van der Waals surface area contributed by atoms with Crippen LogP contribution in [0.4, 0.5) is 5.69 Å². The van der Waals surface area contributed by atoms with Crippen LogP contribution in [0.2, 0.25) is 5.02 Å². The highest BCUT2D eigenvalue weighted by atomic mass is 35.5. The molecule has 30 heavy (non-hydrogen) atoms. The molecular formula is C22H15ClN4O2S. The zero-order valence-corrected chi connectivity index (χ0v) is 17.4. The van der Waals surface area contributed by atoms with Gasteiger partial charge in [0.15, 0.2) is 0 Å². The maximum Gasteiger partial charge on any atom is 0.262 e. The van der Waals surface area contributed by atoms with E-state index in [1.165, 1.54) is 34.4 Å². The van der Waals surface area contributed by atoms with Crippen molar-refractivity contribution in [1.82, 2.24) is 9.55 Å². The maximum atomic E-state index is 13.0. The summed E-state index contributed by atoms with van der Waals surface area (Å²) in [6.45, 7) is 1.71. The van der Waals surface area contributed by atoms with Crippen LogP contribution in [0.15, 0.2) is 59.7 Å². The minimum Gasteiger partial charge on any atom is -0.324 e. The van der Waals surface area contributed by atoms with Crippen LogP contribution in [0, 0.1) is 18.3 Å². The molecule has 0 aliphatic rings. The molecule has 0 atom stereocenters. The quantitative estimate of drug-likeness (QED) is 0.508. The predicted molar refractivity (Wildman–Crippen MR) is 119 cm³/mol. The van der Waals surface area contributed by atoms with Gasteiger partial charge in [-0.2, -0.15) is 5.26 Å². The Kier molecular flexibility index (Phi) is 5.36. The van der Waals surface area contributed by atoms with Crippen molar-refractivity contribution < 1.29 is 4.79 Å². The Morgan fingerprint density at radius 3 is 2.73 bits per heavy atom. The molecule has 6 nitrogen and oxygen atoms in total. The second kappa shape index (κ2) is 8.11. The molecule has 1 amide bonds. The van der Waals surface area contributed by atoms with Crippen LogP contribution in [0.3, 0.4) is 0 Å². The Morgan fingerprint density at radius 1 is 1.27 bits per heavy atom. The molecule has 0 saturated carbocycles. The van der Waals surface area contributed by atoms with Crippen LogP contribution in [0.1, 0.15) is 11.1 Å². The van der Waals surface area contributed by atoms with Crippen molar-refractivity contribution >= 4 is 44.7 Å². The van der Waals surface area contributed by atoms with Crippen LogP contribution in [-0.2, 0) is 11.3 Å². The first-order valence-corrected chi connectivity index (χ1v) is 10.2. The monoisotopic (exact) mass is 434 g/mol. The van der Waals surface area contributed by atoms with Gasteiger partial charge < -0.3 is 5.32 Å². The SMILES string of the molecule is Cc1c(-c2ccccc2)sc2ncn(CC(=O)Nc3ccc(C#N)c(Cl)c3)c(=O)c12. The van der Waals surface area contributed by atoms with Crippen molar-refractivity contribution in [2.75, 3.05) is 5.32 Å². The lowest BCUT2D eigenvalue weighted by Crippen LogP contribution is -2.27. The van der Waals surface area contributed by atoms with Crippen LogP contribution in [0.5, 0.6) is 0 Å². The number of aromatic nitrogens is 2. The smallest absolute Gasteiger partial charge is 0.262 e. The summed E-state index contributed by atoms with van der Waals surface area (Å²) >= 11 is 7.46. The van der Waals surface area contributed by atoms with E-state index in [1.54, 1.807) is 6.07 Å². The van der Waals surface area contributed by atoms with E-state index in [9.17, 15) is 9.59 Å². The standard InChI is InChI=1S/C22H15ClN4O2S/c1-13-19-21(30-20(13)14-5-3-2-4-6-14)25-12-27(22(19)29)11-18(28)26-16-8-7-15(10-24)17(23)9-16/h2-9,12H,11H2,1H3,(H,26,28). The van der Waals surface area contributed by atoms with Gasteiger partial charge in [0.25, 0.3) is 5.56 Å². The fourth-order valence-electron chi connectivity index (χ4n) is 3.18. The van der Waals surface area contributed by atoms with Crippen molar-refractivity contribution in [2.24, 2.45) is 0 Å². The summed E-state index contributed by atoms with van der Waals surface area (Å²) in [5.41, 5.74) is 2.39. The minimum atomic E-state index is -0.393. The third kappa shape index (κ3) is 3.71. The summed E-state index contributed by atoms with van der Waals surface area (Å²) in [6.07, 6.45) is 1.39. The molecule has 2 heterocycles. The van der Waals surface area contributed by atoms with E-state index < -0.39 is 5.91 Å². The van der Waals surface area contributed by atoms with Gasteiger partial charge in [-0.15, -0.1) is 11.3 Å². The highest BCUT2D eigenvalue weighted by molar-refractivity contribution is 7.22. The number of nitriles is 1. The van der Waals surface area contributed by atoms with E-state index in [2.05, 4.69) is 10.3 Å². The Hall–Kier alpha value is -3.47. The number of nitrogens with one attached hydrogen (secondary N) is 1. The van der Waals surface area contributed by atoms with Gasteiger partial charge in [0.1, 0.15) is 17.4 Å². The number of halogens is 1. The number of carbonyl (C=O) groups is 1. The van der Waals surface area contributed by atoms with Gasteiger partial charge in [-0.3, -0.25) is 14.2 Å². The van der Waals surface area contributed by atoms with Crippen molar-refractivity contribution in [2.45, 2.75) is 13.5 Å². The number of hydrogen-bond acceptors (Lipinski definition) is 5. The number of nitrogens with zero attached hydrogens (tertiary/aromatic N) is 3. The van der Waals surface area contributed by atoms with Crippen LogP contribution in [-0.4, -0.2) is 15.5 Å². The molecule has 8 heteroatoms. The first-order chi connectivity index (χ1) is 14.5. The van der Waals surface area contributed by atoms with Gasteiger partial charge in [0, 0.05) is 10.6 Å². The lowest BCUT2D eigenvalue weighted by molar-refractivity contribution is -0.116. The summed E-state index contributed by atoms with van der Waals surface area (Å²) in [4.78, 5) is 31.5. The molecular weight excluding hydrogens is 420 g/mol. The number of carbonyl (C=O) groups excluding carboxylic acids is 1. The topological polar surface area (TPSA) is 87.8 Å². The second-order valence-corrected chi connectivity index (χ2v) is 8.04. The number of anilines is 1. The number of thiophene rings is 1. The van der Waals surface area contributed by atoms with Gasteiger partial charge in [0.05, 0.1) is 22.3 Å². The highest BCUT2D eigenvalue weighted by Gasteiger charge is 2.17. The number of fused-ring (bicyclic) bond motifs is 1. The normalized spacial score (nSPS) is 10.7. The molecule has 0 bridgehead atoms. The Balaban J connectivity index is 1.62. The maximum absolute atomic E-state index is 13.0. The highest BCUT2D eigenvalue weighted by Crippen LogP contribution is 2.35. The van der Waals surface area contributed by atoms with Crippen LogP contribution >= 0.6 is 22.9 Å². The van der Waals surface area contributed by atoms with E-state index in [0.717, 1.165) is 16.0 Å². The van der Waals surface area contributed by atoms with E-state index >= 15 is 0 Å². The van der Waals surface area contributed by atoms with E-state index in [4.69, 9.17) is 16.9 Å². The molecule has 4 aromatic rings. The summed E-state index contributed by atoms with van der Waals surface area (Å²) in [5, 5.41) is 12.4. The van der Waals surface area contributed by atoms with Crippen molar-refractivity contribution in [3.63, 3.8) is 0 Å². The summed E-state index contributed by atoms with van der Waals surface area (Å²) in [6, 6.07) is 16.4. The average Bonchev–Trinajstić information content (AvgIpc) is 3.08. The largest absolute Gasteiger partial charge is 0.324 e. The predicted octanol–water partition coefficient (Wildman–Crippen LogP) is 4.60. The van der Waals surface area contributed by atoms with Gasteiger partial charge in [-0.1, -0.05) is 41.9 Å². The van der Waals surface area contributed by atoms with E-state index in [-0.39, 0.29) is 17.1 Å². The molecule has 0 radical (unpaired) electrons. The number of rotatable bonds is 4. The molecule has 0 aliphatic carbocycles. The van der Waals surface area contributed by atoms with Crippen molar-refractivity contribution in [3.8, 4) is 16.5 Å². The second-order valence-electron chi connectivity index (χ2n) is 6.63. The lowest BCUT2D eigenvalue weighted by atomic mass is 10.1. The molecule has 148 valence electrons. The fourth-order valence-corrected chi connectivity index (χ4v) is 4.54. The first-order valence-electron chi connectivity index (χ1n) is 9.01. The van der Waals surface area contributed by atoms with E-state index in [0.29, 0.717) is 21.5 Å². The average molecular weight is 435 g/mol. The molecule has 4 rings (SSSR count). The zero-order valence-electron chi connectivity index (χ0n) is 15.8. The molecule has 0 spiro atoms. The Bertz CT molecular complexity index is 1370. The van der Waals surface area contributed by atoms with Gasteiger partial charge in [-0.25, -0.2) is 4.98 Å². The number of hydrogen-bond donors (Lipinski definition) is 1. The summed E-state index contributed by atoms with van der Waals surface area (Å²) in [7, 11) is 0. The Morgan fingerprint density at radius 2 is 2.03 bits per heavy atom. The van der Waals surface area contributed by atoms with Gasteiger partial charge in [-0.05, 0) is 36.2 Å². The molecule has 0 fully saturated rings. The van der Waals surface area contributed by atoms with Crippen molar-refractivity contribution in [1.29, 1.82) is 5.26 Å². The minimum absolute atomic E-state index is 0.185. The van der Waals surface area contributed by atoms with Crippen LogP contribution < -0.4 is 10.9 Å². The van der Waals surface area contributed by atoms with Gasteiger partial charge >= 0.3 is 0 Å².